The van der Waals surface area contributed by atoms with Gasteiger partial charge in [-0.15, -0.1) is 0 Å². The molecule has 2 saturated carbocycles. The molecule has 0 bridgehead atoms. The van der Waals surface area contributed by atoms with E-state index in [1.165, 1.54) is 0 Å². The van der Waals surface area contributed by atoms with Crippen LogP contribution in [-0.4, -0.2) is 135 Å². The van der Waals surface area contributed by atoms with Gasteiger partial charge in [-0.2, -0.15) is 0 Å². The minimum atomic E-state index is -0.895. The van der Waals surface area contributed by atoms with Crippen LogP contribution < -0.4 is 0 Å². The van der Waals surface area contributed by atoms with Gasteiger partial charge in [-0.25, -0.2) is 0 Å². The molecule has 0 spiro atoms. The molecular formula is C40H70N2O11. The topological polar surface area (TPSA) is 161 Å². The highest BCUT2D eigenvalue weighted by molar-refractivity contribution is 5.85. The van der Waals surface area contributed by atoms with Crippen LogP contribution in [0.2, 0.25) is 0 Å². The number of hydrogen-bond donors (Lipinski definition) is 2. The zero-order chi connectivity index (χ0) is 38.3. The second kappa shape index (κ2) is 26.5. The van der Waals surface area contributed by atoms with E-state index in [1.807, 2.05) is 0 Å². The molecule has 2 aliphatic carbocycles. The molecule has 1 saturated heterocycles. The largest absolute Gasteiger partial charge is 0.481 e. The fourth-order valence-corrected chi connectivity index (χ4v) is 7.95. The van der Waals surface area contributed by atoms with Gasteiger partial charge in [0.15, 0.2) is 0 Å². The molecule has 3 fully saturated rings. The molecule has 3 rings (SSSR count). The molecule has 0 aromatic rings. The van der Waals surface area contributed by atoms with Crippen LogP contribution in [0, 0.1) is 23.7 Å². The number of nitrogens with zero attached hydrogens (tertiary/aromatic N) is 2. The van der Waals surface area contributed by atoms with E-state index >= 15 is 0 Å². The van der Waals surface area contributed by atoms with Crippen molar-refractivity contribution in [3.05, 3.63) is 0 Å². The number of carbonyl (C=O) groups excluding carboxylic acids is 2. The summed E-state index contributed by atoms with van der Waals surface area (Å²) in [5.74, 6) is -4.35. The molecule has 13 nitrogen and oxygen atoms in total. The first-order chi connectivity index (χ1) is 25.8. The molecule has 306 valence electrons. The van der Waals surface area contributed by atoms with Crippen molar-refractivity contribution in [3.63, 3.8) is 0 Å². The van der Waals surface area contributed by atoms with E-state index in [4.69, 9.17) is 23.7 Å². The number of aliphatic carboxylic acids is 2. The lowest BCUT2D eigenvalue weighted by Crippen LogP contribution is -2.47. The Morgan fingerprint density at radius 3 is 1.26 bits per heavy atom. The highest BCUT2D eigenvalue weighted by Crippen LogP contribution is 2.33. The Morgan fingerprint density at radius 2 is 0.887 bits per heavy atom. The molecule has 3 aliphatic rings. The Morgan fingerprint density at radius 1 is 0.509 bits per heavy atom. The Bertz CT molecular complexity index is 982. The predicted molar refractivity (Wildman–Crippen MR) is 200 cm³/mol. The van der Waals surface area contributed by atoms with Crippen molar-refractivity contribution in [2.75, 3.05) is 79.0 Å². The summed E-state index contributed by atoms with van der Waals surface area (Å²) in [6.07, 6.45) is 12.8. The normalized spacial score (nSPS) is 26.8. The average molecular weight is 755 g/mol. The molecule has 2 unspecified atom stereocenters. The molecule has 0 aromatic carbocycles. The number of hydrogen-bond acceptors (Lipinski definition) is 9. The molecule has 1 heterocycles. The van der Waals surface area contributed by atoms with Crippen molar-refractivity contribution in [1.29, 1.82) is 0 Å². The van der Waals surface area contributed by atoms with E-state index in [9.17, 15) is 29.4 Å². The van der Waals surface area contributed by atoms with Crippen molar-refractivity contribution in [1.82, 2.24) is 9.80 Å². The summed E-state index contributed by atoms with van der Waals surface area (Å²) < 4.78 is 30.3. The van der Waals surface area contributed by atoms with Gasteiger partial charge < -0.3 is 43.7 Å². The number of carbonyl (C=O) groups is 4. The molecule has 0 radical (unpaired) electrons. The van der Waals surface area contributed by atoms with Crippen LogP contribution in [0.15, 0.2) is 0 Å². The highest BCUT2D eigenvalue weighted by atomic mass is 16.6. The number of amides is 2. The summed E-state index contributed by atoms with van der Waals surface area (Å²) in [5, 5.41) is 19.8. The molecule has 53 heavy (non-hydrogen) atoms. The summed E-state index contributed by atoms with van der Waals surface area (Å²) in [4.78, 5) is 55.5. The number of unbranched alkanes of at least 4 members (excludes halogenated alkanes) is 6. The van der Waals surface area contributed by atoms with Gasteiger partial charge in [0.25, 0.3) is 0 Å². The molecule has 2 amide bonds. The van der Waals surface area contributed by atoms with Crippen molar-refractivity contribution in [3.8, 4) is 0 Å². The van der Waals surface area contributed by atoms with Gasteiger partial charge in [-0.05, 0) is 38.5 Å². The maximum atomic E-state index is 13.9. The first-order valence-corrected chi connectivity index (χ1v) is 20.8. The molecular weight excluding hydrogens is 684 g/mol. The maximum absolute atomic E-state index is 13.9. The Hall–Kier alpha value is -2.32. The summed E-state index contributed by atoms with van der Waals surface area (Å²) in [5.41, 5.74) is 0. The first kappa shape index (κ1) is 45.1. The fraction of sp³-hybridized carbons (Fsp3) is 0.900. The van der Waals surface area contributed by atoms with Gasteiger partial charge in [0.2, 0.25) is 11.8 Å². The van der Waals surface area contributed by atoms with Crippen LogP contribution in [0.4, 0.5) is 0 Å². The highest BCUT2D eigenvalue weighted by Gasteiger charge is 2.39. The van der Waals surface area contributed by atoms with E-state index < -0.39 is 47.8 Å². The van der Waals surface area contributed by atoms with Crippen LogP contribution >= 0.6 is 0 Å². The maximum Gasteiger partial charge on any atom is 0.307 e. The van der Waals surface area contributed by atoms with Crippen molar-refractivity contribution in [2.45, 2.75) is 129 Å². The van der Waals surface area contributed by atoms with Crippen LogP contribution in [0.1, 0.15) is 117 Å². The first-order valence-electron chi connectivity index (χ1n) is 20.8. The summed E-state index contributed by atoms with van der Waals surface area (Å²) in [6, 6.07) is 0. The fourth-order valence-electron chi connectivity index (χ4n) is 7.95. The predicted octanol–water partition coefficient (Wildman–Crippen LogP) is 5.42. The van der Waals surface area contributed by atoms with Crippen LogP contribution in [0.5, 0.6) is 0 Å². The molecule has 0 aromatic heterocycles. The lowest BCUT2D eigenvalue weighted by molar-refractivity contribution is -0.153. The van der Waals surface area contributed by atoms with Gasteiger partial charge in [0, 0.05) is 26.2 Å². The van der Waals surface area contributed by atoms with E-state index in [0.717, 1.165) is 77.0 Å². The summed E-state index contributed by atoms with van der Waals surface area (Å²) in [7, 11) is 0. The number of carboxylic acids is 2. The van der Waals surface area contributed by atoms with Crippen molar-refractivity contribution >= 4 is 23.8 Å². The molecule has 6 atom stereocenters. The third-order valence-corrected chi connectivity index (χ3v) is 11.0. The van der Waals surface area contributed by atoms with Crippen molar-refractivity contribution < 1.29 is 53.1 Å². The minimum absolute atomic E-state index is 0.101. The number of ether oxygens (including phenoxy) is 5. The average Bonchev–Trinajstić information content (AvgIpc) is 3.17. The smallest absolute Gasteiger partial charge is 0.307 e. The van der Waals surface area contributed by atoms with E-state index in [2.05, 4.69) is 13.8 Å². The molecule has 2 N–H and O–H groups in total. The third-order valence-electron chi connectivity index (χ3n) is 11.0. The summed E-state index contributed by atoms with van der Waals surface area (Å²) >= 11 is 0. The third kappa shape index (κ3) is 16.5. The number of rotatable bonds is 18. The van der Waals surface area contributed by atoms with Gasteiger partial charge >= 0.3 is 11.9 Å². The number of carboxylic acid groups (broad SMARTS) is 2. The van der Waals surface area contributed by atoms with Crippen LogP contribution in [0.3, 0.4) is 0 Å². The van der Waals surface area contributed by atoms with Gasteiger partial charge in [0.05, 0.1) is 88.7 Å². The zero-order valence-corrected chi connectivity index (χ0v) is 32.7. The lowest BCUT2D eigenvalue weighted by Gasteiger charge is -2.34. The Labute approximate surface area is 317 Å². The van der Waals surface area contributed by atoms with Gasteiger partial charge in [-0.3, -0.25) is 19.2 Å². The monoisotopic (exact) mass is 754 g/mol. The van der Waals surface area contributed by atoms with Crippen molar-refractivity contribution in [2.24, 2.45) is 23.7 Å². The van der Waals surface area contributed by atoms with Gasteiger partial charge in [-0.1, -0.05) is 78.1 Å². The lowest BCUT2D eigenvalue weighted by atomic mass is 9.78. The Kier molecular flexibility index (Phi) is 22.5. The van der Waals surface area contributed by atoms with Crippen LogP contribution in [0.25, 0.3) is 0 Å². The Balaban J connectivity index is 1.62. The quantitative estimate of drug-likeness (QED) is 0.172. The standard InChI is InChI=1S/C40H70N2O11/c1-3-5-7-13-19-41(37(43)33-15-9-11-17-35(33)39(45)46)27-31-29-50-21-22-51-30-32(53-26-24-49-23-25-52-31)28-42(20-14-8-6-4-2)38(44)34-16-10-12-18-36(34)40(47)48/h31-36H,3-30H2,1-2H3,(H,45,46)(H,47,48)/t31?,32?,33-,34+,35+,36-. The minimum Gasteiger partial charge on any atom is -0.481 e. The second-order valence-electron chi connectivity index (χ2n) is 15.1. The zero-order valence-electron chi connectivity index (χ0n) is 32.7. The second-order valence-corrected chi connectivity index (χ2v) is 15.1. The molecule has 1 aliphatic heterocycles. The van der Waals surface area contributed by atoms with E-state index in [0.29, 0.717) is 91.5 Å². The summed E-state index contributed by atoms with van der Waals surface area (Å²) in [6.45, 7) is 8.28. The molecule has 13 heteroatoms. The van der Waals surface area contributed by atoms with E-state index in [1.54, 1.807) is 9.80 Å². The van der Waals surface area contributed by atoms with Crippen LogP contribution in [-0.2, 0) is 42.9 Å². The van der Waals surface area contributed by atoms with Gasteiger partial charge in [0.1, 0.15) is 0 Å². The van der Waals surface area contributed by atoms with E-state index in [-0.39, 0.29) is 25.0 Å². The SMILES string of the molecule is CCCCCCN(CC1COCCOCC(CN(CCCCCC)C(=O)[C@@H]2CCCC[C@@H]2C(=O)O)OCCOCCO1)C(=O)[C@H]1CCCC[C@H]1C(=O)O.